The molecule has 3 rings (SSSR count). The summed E-state index contributed by atoms with van der Waals surface area (Å²) in [5.74, 6) is 0. The number of imidazole rings is 1. The number of benzene rings is 1. The van der Waals surface area contributed by atoms with Crippen LogP contribution < -0.4 is 5.73 Å². The second-order valence-electron chi connectivity index (χ2n) is 3.60. The molecule has 90 valence electrons. The molecular formula is C11H8BrN5S. The first-order chi connectivity index (χ1) is 8.72. The van der Waals surface area contributed by atoms with Crippen LogP contribution in [-0.2, 0) is 0 Å². The standard InChI is InChI=1S/C11H8BrN5S/c12-7-4-14-5-15-10(7)18-11-16-8-2-1-6(13)3-9(8)17-11/h1-5H,13H2,(H,16,17). The highest BCUT2D eigenvalue weighted by atomic mass is 79.9. The number of nitrogens with one attached hydrogen (secondary N) is 1. The average Bonchev–Trinajstić information content (AvgIpc) is 2.73. The Hall–Kier alpha value is -1.60. The molecule has 0 saturated carbocycles. The number of hydrogen-bond acceptors (Lipinski definition) is 5. The third kappa shape index (κ3) is 2.19. The molecule has 0 atom stereocenters. The topological polar surface area (TPSA) is 80.5 Å². The minimum absolute atomic E-state index is 0.714. The monoisotopic (exact) mass is 321 g/mol. The van der Waals surface area contributed by atoms with E-state index in [-0.39, 0.29) is 0 Å². The van der Waals surface area contributed by atoms with Gasteiger partial charge in [-0.3, -0.25) is 0 Å². The fourth-order valence-electron chi connectivity index (χ4n) is 1.52. The fourth-order valence-corrected chi connectivity index (χ4v) is 2.72. The highest BCUT2D eigenvalue weighted by Crippen LogP contribution is 2.30. The number of rotatable bonds is 2. The molecule has 18 heavy (non-hydrogen) atoms. The van der Waals surface area contributed by atoms with Crippen molar-refractivity contribution in [3.8, 4) is 0 Å². The largest absolute Gasteiger partial charge is 0.399 e. The van der Waals surface area contributed by atoms with Crippen LogP contribution in [0, 0.1) is 0 Å². The SMILES string of the molecule is Nc1ccc2nc(Sc3ncncc3Br)[nH]c2c1. The molecule has 5 nitrogen and oxygen atoms in total. The first-order valence-electron chi connectivity index (χ1n) is 5.11. The number of fused-ring (bicyclic) bond motifs is 1. The number of hydrogen-bond donors (Lipinski definition) is 2. The zero-order valence-electron chi connectivity index (χ0n) is 9.09. The lowest BCUT2D eigenvalue weighted by atomic mass is 10.3. The predicted octanol–water partition coefficient (Wildman–Crippen LogP) is 2.85. The van der Waals surface area contributed by atoms with Crippen molar-refractivity contribution in [2.24, 2.45) is 0 Å². The van der Waals surface area contributed by atoms with E-state index in [0.29, 0.717) is 5.69 Å². The lowest BCUT2D eigenvalue weighted by Gasteiger charge is -1.97. The normalized spacial score (nSPS) is 10.9. The van der Waals surface area contributed by atoms with E-state index < -0.39 is 0 Å². The number of H-pyrrole nitrogens is 1. The molecule has 3 N–H and O–H groups in total. The maximum absolute atomic E-state index is 5.73. The van der Waals surface area contributed by atoms with Crippen LogP contribution in [0.3, 0.4) is 0 Å². The highest BCUT2D eigenvalue weighted by Gasteiger charge is 2.08. The van der Waals surface area contributed by atoms with E-state index in [2.05, 4.69) is 35.9 Å². The van der Waals surface area contributed by atoms with Crippen molar-refractivity contribution in [1.29, 1.82) is 0 Å². The first kappa shape index (κ1) is 11.5. The van der Waals surface area contributed by atoms with E-state index in [1.165, 1.54) is 18.1 Å². The Morgan fingerprint density at radius 1 is 1.33 bits per heavy atom. The average molecular weight is 322 g/mol. The Labute approximate surface area is 115 Å². The molecule has 2 aromatic heterocycles. The van der Waals surface area contributed by atoms with E-state index in [1.54, 1.807) is 6.20 Å². The van der Waals surface area contributed by atoms with Gasteiger partial charge in [0.05, 0.1) is 15.5 Å². The van der Waals surface area contributed by atoms with Gasteiger partial charge in [0.15, 0.2) is 5.16 Å². The minimum atomic E-state index is 0.714. The molecule has 0 amide bonds. The summed E-state index contributed by atoms with van der Waals surface area (Å²) < 4.78 is 0.843. The third-order valence-electron chi connectivity index (χ3n) is 2.31. The first-order valence-corrected chi connectivity index (χ1v) is 6.72. The number of aromatic nitrogens is 4. The number of nitrogen functional groups attached to an aromatic ring is 1. The van der Waals surface area contributed by atoms with Crippen LogP contribution in [0.2, 0.25) is 0 Å². The molecular weight excluding hydrogens is 314 g/mol. The summed E-state index contributed by atoms with van der Waals surface area (Å²) in [5, 5.41) is 1.59. The molecule has 0 spiro atoms. The number of aromatic amines is 1. The van der Waals surface area contributed by atoms with E-state index in [1.807, 2.05) is 18.2 Å². The Morgan fingerprint density at radius 2 is 2.22 bits per heavy atom. The van der Waals surface area contributed by atoms with E-state index in [0.717, 1.165) is 25.7 Å². The molecule has 0 bridgehead atoms. The van der Waals surface area contributed by atoms with Gasteiger partial charge in [0.25, 0.3) is 0 Å². The van der Waals surface area contributed by atoms with Crippen molar-refractivity contribution >= 4 is 44.4 Å². The maximum Gasteiger partial charge on any atom is 0.172 e. The second-order valence-corrected chi connectivity index (χ2v) is 5.43. The molecule has 0 aliphatic carbocycles. The third-order valence-corrected chi connectivity index (χ3v) is 4.06. The van der Waals surface area contributed by atoms with Crippen LogP contribution in [0.5, 0.6) is 0 Å². The zero-order chi connectivity index (χ0) is 12.5. The number of nitrogens with two attached hydrogens (primary N) is 1. The smallest absolute Gasteiger partial charge is 0.172 e. The lowest BCUT2D eigenvalue weighted by Crippen LogP contribution is -1.84. The number of anilines is 1. The van der Waals surface area contributed by atoms with E-state index >= 15 is 0 Å². The summed E-state index contributed by atoms with van der Waals surface area (Å²) in [6, 6.07) is 5.58. The van der Waals surface area contributed by atoms with E-state index in [9.17, 15) is 0 Å². The van der Waals surface area contributed by atoms with Crippen LogP contribution >= 0.6 is 27.7 Å². The molecule has 2 heterocycles. The van der Waals surface area contributed by atoms with Gasteiger partial charge in [-0.25, -0.2) is 15.0 Å². The second kappa shape index (κ2) is 4.58. The molecule has 0 unspecified atom stereocenters. The summed E-state index contributed by atoms with van der Waals surface area (Å²) in [7, 11) is 0. The quantitative estimate of drug-likeness (QED) is 0.560. The van der Waals surface area contributed by atoms with Crippen molar-refractivity contribution in [3.63, 3.8) is 0 Å². The van der Waals surface area contributed by atoms with Crippen LogP contribution in [0.25, 0.3) is 11.0 Å². The minimum Gasteiger partial charge on any atom is -0.399 e. The molecule has 0 aliphatic rings. The number of halogens is 1. The molecule has 0 radical (unpaired) electrons. The van der Waals surface area contributed by atoms with Gasteiger partial charge in [-0.15, -0.1) is 0 Å². The Morgan fingerprint density at radius 3 is 3.06 bits per heavy atom. The van der Waals surface area contributed by atoms with Crippen molar-refractivity contribution < 1.29 is 0 Å². The van der Waals surface area contributed by atoms with Crippen molar-refractivity contribution in [2.75, 3.05) is 5.73 Å². The van der Waals surface area contributed by atoms with Gasteiger partial charge in [0.2, 0.25) is 0 Å². The molecule has 0 fully saturated rings. The zero-order valence-corrected chi connectivity index (χ0v) is 11.5. The molecule has 0 saturated heterocycles. The van der Waals surface area contributed by atoms with Crippen LogP contribution in [-0.4, -0.2) is 19.9 Å². The van der Waals surface area contributed by atoms with Gasteiger partial charge in [-0.1, -0.05) is 0 Å². The van der Waals surface area contributed by atoms with Crippen molar-refractivity contribution in [3.05, 3.63) is 35.2 Å². The Balaban J connectivity index is 1.98. The summed E-state index contributed by atoms with van der Waals surface area (Å²) >= 11 is 4.84. The van der Waals surface area contributed by atoms with Crippen molar-refractivity contribution in [2.45, 2.75) is 10.2 Å². The molecule has 3 aromatic rings. The van der Waals surface area contributed by atoms with Crippen molar-refractivity contribution in [1.82, 2.24) is 19.9 Å². The van der Waals surface area contributed by atoms with Gasteiger partial charge in [-0.05, 0) is 45.9 Å². The van der Waals surface area contributed by atoms with Gasteiger partial charge < -0.3 is 10.7 Å². The summed E-state index contributed by atoms with van der Waals surface area (Å²) in [4.78, 5) is 15.8. The lowest BCUT2D eigenvalue weighted by molar-refractivity contribution is 1.01. The Kier molecular flexibility index (Phi) is 2.92. The van der Waals surface area contributed by atoms with Gasteiger partial charge >= 0.3 is 0 Å². The molecule has 7 heteroatoms. The van der Waals surface area contributed by atoms with Crippen LogP contribution in [0.1, 0.15) is 0 Å². The summed E-state index contributed by atoms with van der Waals surface area (Å²) in [5.41, 5.74) is 8.25. The van der Waals surface area contributed by atoms with E-state index in [4.69, 9.17) is 5.73 Å². The summed E-state index contributed by atoms with van der Waals surface area (Å²) in [6.07, 6.45) is 3.21. The van der Waals surface area contributed by atoms with Gasteiger partial charge in [-0.2, -0.15) is 0 Å². The summed E-state index contributed by atoms with van der Waals surface area (Å²) in [6.45, 7) is 0. The molecule has 1 aromatic carbocycles. The maximum atomic E-state index is 5.73. The van der Waals surface area contributed by atoms with Crippen LogP contribution in [0.4, 0.5) is 5.69 Å². The van der Waals surface area contributed by atoms with Crippen LogP contribution in [0.15, 0.2) is 45.4 Å². The fraction of sp³-hybridized carbons (Fsp3) is 0. The van der Waals surface area contributed by atoms with Gasteiger partial charge in [0.1, 0.15) is 11.4 Å². The number of nitrogens with zero attached hydrogens (tertiary/aromatic N) is 3. The highest BCUT2D eigenvalue weighted by molar-refractivity contribution is 9.10. The Bertz CT molecular complexity index is 711. The predicted molar refractivity (Wildman–Crippen MR) is 74.4 cm³/mol. The van der Waals surface area contributed by atoms with Gasteiger partial charge in [0, 0.05) is 11.9 Å². The molecule has 0 aliphatic heterocycles.